The van der Waals surface area contributed by atoms with Crippen molar-refractivity contribution in [2.24, 2.45) is 7.05 Å². The molecule has 0 fully saturated rings. The minimum Gasteiger partial charge on any atom is -0.240 e. The summed E-state index contributed by atoms with van der Waals surface area (Å²) in [5.74, 6) is 0. The number of hydrogen-bond donors (Lipinski definition) is 0. The van der Waals surface area contributed by atoms with Crippen LogP contribution >= 0.6 is 11.8 Å². The molecule has 2 nitrogen and oxygen atoms in total. The van der Waals surface area contributed by atoms with E-state index in [0.717, 1.165) is 6.54 Å². The first kappa shape index (κ1) is 10.3. The smallest absolute Gasteiger partial charge is 0.240 e. The number of aromatic nitrogens is 2. The molecule has 0 aliphatic carbocycles. The summed E-state index contributed by atoms with van der Waals surface area (Å²) < 4.78 is 4.25. The lowest BCUT2D eigenvalue weighted by Crippen LogP contribution is -2.23. The molecule has 0 N–H and O–H groups in total. The van der Waals surface area contributed by atoms with Crippen LogP contribution in [0.25, 0.3) is 0 Å². The normalized spacial score (nSPS) is 10.5. The topological polar surface area (TPSA) is 8.81 Å². The van der Waals surface area contributed by atoms with Crippen molar-refractivity contribution in [2.75, 3.05) is 6.26 Å². The summed E-state index contributed by atoms with van der Waals surface area (Å²) in [5, 5.41) is 0. The van der Waals surface area contributed by atoms with Crippen LogP contribution in [0.1, 0.15) is 5.56 Å². The van der Waals surface area contributed by atoms with Gasteiger partial charge in [-0.1, -0.05) is 18.2 Å². The van der Waals surface area contributed by atoms with Crippen molar-refractivity contribution >= 4 is 11.8 Å². The van der Waals surface area contributed by atoms with Gasteiger partial charge in [-0.2, -0.15) is 0 Å². The van der Waals surface area contributed by atoms with Crippen LogP contribution in [0, 0.1) is 0 Å². The highest BCUT2D eigenvalue weighted by Crippen LogP contribution is 2.20. The summed E-state index contributed by atoms with van der Waals surface area (Å²) in [5.41, 5.74) is 1.38. The highest BCUT2D eigenvalue weighted by atomic mass is 32.2. The van der Waals surface area contributed by atoms with Gasteiger partial charge in [-0.25, -0.2) is 9.13 Å². The maximum absolute atomic E-state index is 2.19. The fourth-order valence-corrected chi connectivity index (χ4v) is 2.23. The minimum atomic E-state index is 0.942. The summed E-state index contributed by atoms with van der Waals surface area (Å²) >= 11 is 1.80. The number of imidazole rings is 1. The first-order chi connectivity index (χ1) is 7.29. The second-order valence-electron chi connectivity index (χ2n) is 3.56. The van der Waals surface area contributed by atoms with Gasteiger partial charge in [0.15, 0.2) is 0 Å². The standard InChI is InChI=1S/C12H15N2S/c1-13-7-8-14(10-13)9-11-5-3-4-6-12(11)15-2/h3-8,10H,9H2,1-2H3/q+1. The van der Waals surface area contributed by atoms with Crippen LogP contribution in [0.4, 0.5) is 0 Å². The molecule has 2 rings (SSSR count). The first-order valence-corrected chi connectivity index (χ1v) is 6.15. The summed E-state index contributed by atoms with van der Waals surface area (Å²) in [6.45, 7) is 0.942. The SMILES string of the molecule is CSc1ccccc1Cn1cc[n+](C)c1. The van der Waals surface area contributed by atoms with Crippen LogP contribution in [0.5, 0.6) is 0 Å². The fraction of sp³-hybridized carbons (Fsp3) is 0.250. The van der Waals surface area contributed by atoms with E-state index in [1.807, 2.05) is 7.05 Å². The number of benzene rings is 1. The highest BCUT2D eigenvalue weighted by molar-refractivity contribution is 7.98. The fourth-order valence-electron chi connectivity index (χ4n) is 1.63. The van der Waals surface area contributed by atoms with Crippen LogP contribution in [0.15, 0.2) is 47.9 Å². The van der Waals surface area contributed by atoms with Gasteiger partial charge >= 0.3 is 0 Å². The summed E-state index contributed by atoms with van der Waals surface area (Å²) in [4.78, 5) is 1.36. The zero-order chi connectivity index (χ0) is 10.7. The Morgan fingerprint density at radius 1 is 1.33 bits per heavy atom. The molecule has 0 bridgehead atoms. The van der Waals surface area contributed by atoms with Gasteiger partial charge in [-0.15, -0.1) is 11.8 Å². The average molecular weight is 219 g/mol. The second kappa shape index (κ2) is 4.53. The predicted octanol–water partition coefficient (Wildman–Crippen LogP) is 2.08. The van der Waals surface area contributed by atoms with Gasteiger partial charge in [0.25, 0.3) is 0 Å². The van der Waals surface area contributed by atoms with Crippen LogP contribution in [0.3, 0.4) is 0 Å². The Hall–Kier alpha value is -1.22. The molecule has 0 aliphatic heterocycles. The Kier molecular flexibility index (Phi) is 3.11. The molecule has 1 heterocycles. The molecule has 0 saturated heterocycles. The summed E-state index contributed by atoms with van der Waals surface area (Å²) in [6, 6.07) is 8.54. The van der Waals surface area contributed by atoms with E-state index in [9.17, 15) is 0 Å². The average Bonchev–Trinajstić information content (AvgIpc) is 2.65. The minimum absolute atomic E-state index is 0.942. The van der Waals surface area contributed by atoms with Gasteiger partial charge in [0.05, 0.1) is 7.05 Å². The third kappa shape index (κ3) is 2.42. The molecule has 0 saturated carbocycles. The number of hydrogen-bond acceptors (Lipinski definition) is 1. The molecule has 0 atom stereocenters. The van der Waals surface area contributed by atoms with E-state index in [2.05, 4.69) is 58.4 Å². The van der Waals surface area contributed by atoms with Crippen molar-refractivity contribution in [3.8, 4) is 0 Å². The molecule has 3 heteroatoms. The zero-order valence-corrected chi connectivity index (χ0v) is 9.87. The molecular weight excluding hydrogens is 204 g/mol. The van der Waals surface area contributed by atoms with Crippen molar-refractivity contribution in [1.82, 2.24) is 4.57 Å². The molecule has 1 aromatic heterocycles. The van der Waals surface area contributed by atoms with E-state index in [4.69, 9.17) is 0 Å². The van der Waals surface area contributed by atoms with Crippen molar-refractivity contribution in [3.63, 3.8) is 0 Å². The van der Waals surface area contributed by atoms with Gasteiger partial charge < -0.3 is 0 Å². The lowest BCUT2D eigenvalue weighted by Gasteiger charge is -2.03. The van der Waals surface area contributed by atoms with Crippen molar-refractivity contribution in [3.05, 3.63) is 48.5 Å². The second-order valence-corrected chi connectivity index (χ2v) is 4.41. The summed E-state index contributed by atoms with van der Waals surface area (Å²) in [7, 11) is 2.04. The molecule has 0 amide bonds. The summed E-state index contributed by atoms with van der Waals surface area (Å²) in [6.07, 6.45) is 8.37. The maximum atomic E-state index is 2.19. The Bertz CT molecular complexity index is 448. The molecule has 0 radical (unpaired) electrons. The van der Waals surface area contributed by atoms with E-state index in [-0.39, 0.29) is 0 Å². The van der Waals surface area contributed by atoms with Crippen LogP contribution < -0.4 is 4.57 Å². The number of nitrogens with zero attached hydrogens (tertiary/aromatic N) is 2. The molecule has 0 aliphatic rings. The van der Waals surface area contributed by atoms with Crippen LogP contribution in [0.2, 0.25) is 0 Å². The van der Waals surface area contributed by atoms with Gasteiger partial charge in [0, 0.05) is 10.5 Å². The largest absolute Gasteiger partial charge is 0.243 e. The zero-order valence-electron chi connectivity index (χ0n) is 9.05. The Morgan fingerprint density at radius 2 is 2.13 bits per heavy atom. The maximum Gasteiger partial charge on any atom is 0.243 e. The molecule has 0 unspecified atom stereocenters. The Labute approximate surface area is 94.6 Å². The van der Waals surface area contributed by atoms with Crippen LogP contribution in [-0.2, 0) is 13.6 Å². The van der Waals surface area contributed by atoms with E-state index >= 15 is 0 Å². The van der Waals surface area contributed by atoms with Gasteiger partial charge in [-0.05, 0) is 12.3 Å². The molecule has 78 valence electrons. The van der Waals surface area contributed by atoms with E-state index in [1.165, 1.54) is 10.5 Å². The van der Waals surface area contributed by atoms with E-state index < -0.39 is 0 Å². The molecule has 2 aromatic rings. The lowest BCUT2D eigenvalue weighted by molar-refractivity contribution is -0.671. The Balaban J connectivity index is 2.23. The lowest BCUT2D eigenvalue weighted by atomic mass is 10.2. The quantitative estimate of drug-likeness (QED) is 0.567. The third-order valence-electron chi connectivity index (χ3n) is 2.37. The van der Waals surface area contributed by atoms with Gasteiger partial charge in [-0.3, -0.25) is 0 Å². The van der Waals surface area contributed by atoms with E-state index in [1.54, 1.807) is 11.8 Å². The molecule has 15 heavy (non-hydrogen) atoms. The molecule has 0 spiro atoms. The monoisotopic (exact) mass is 219 g/mol. The number of thioether (sulfide) groups is 1. The Morgan fingerprint density at radius 3 is 2.80 bits per heavy atom. The van der Waals surface area contributed by atoms with Crippen molar-refractivity contribution in [2.45, 2.75) is 11.4 Å². The highest BCUT2D eigenvalue weighted by Gasteiger charge is 2.05. The van der Waals surface area contributed by atoms with Crippen molar-refractivity contribution in [1.29, 1.82) is 0 Å². The van der Waals surface area contributed by atoms with Gasteiger partial charge in [0.2, 0.25) is 6.33 Å². The van der Waals surface area contributed by atoms with E-state index in [0.29, 0.717) is 0 Å². The first-order valence-electron chi connectivity index (χ1n) is 4.92. The van der Waals surface area contributed by atoms with Crippen LogP contribution in [-0.4, -0.2) is 10.8 Å². The number of aryl methyl sites for hydroxylation is 1. The molecular formula is C12H15N2S+. The molecule has 1 aromatic carbocycles. The van der Waals surface area contributed by atoms with Gasteiger partial charge in [0.1, 0.15) is 18.9 Å². The number of rotatable bonds is 3. The van der Waals surface area contributed by atoms with Crippen molar-refractivity contribution < 1.29 is 4.57 Å². The predicted molar refractivity (Wildman–Crippen MR) is 62.9 cm³/mol. The third-order valence-corrected chi connectivity index (χ3v) is 3.21.